The number of aryl methyl sites for hydroxylation is 1. The third-order valence-electron chi connectivity index (χ3n) is 2.38. The summed E-state index contributed by atoms with van der Waals surface area (Å²) < 4.78 is 1.03. The van der Waals surface area contributed by atoms with E-state index >= 15 is 0 Å². The summed E-state index contributed by atoms with van der Waals surface area (Å²) in [4.78, 5) is 6.60. The monoisotopic (exact) mass is 285 g/mol. The summed E-state index contributed by atoms with van der Waals surface area (Å²) in [5, 5.41) is 3.40. The highest BCUT2D eigenvalue weighted by molar-refractivity contribution is 9.10. The number of hydrogen-bond acceptors (Lipinski definition) is 3. The van der Waals surface area contributed by atoms with E-state index in [0.717, 1.165) is 23.4 Å². The molecule has 0 aliphatic rings. The molecule has 0 unspecified atom stereocenters. The number of nitrogens with one attached hydrogen (secondary N) is 1. The van der Waals surface area contributed by atoms with E-state index < -0.39 is 0 Å². The summed E-state index contributed by atoms with van der Waals surface area (Å²) in [5.74, 6) is 1.05. The van der Waals surface area contributed by atoms with Crippen molar-refractivity contribution in [2.45, 2.75) is 26.8 Å². The van der Waals surface area contributed by atoms with E-state index in [0.29, 0.717) is 6.04 Å². The van der Waals surface area contributed by atoms with Crippen LogP contribution >= 0.6 is 15.9 Å². The third-order valence-corrected chi connectivity index (χ3v) is 2.81. The largest absolute Gasteiger partial charge is 0.358 e. The lowest BCUT2D eigenvalue weighted by atomic mass is 10.3. The van der Waals surface area contributed by atoms with Crippen LogP contribution in [0.5, 0.6) is 0 Å². The molecule has 4 heteroatoms. The zero-order valence-corrected chi connectivity index (χ0v) is 12.0. The molecule has 1 aromatic rings. The van der Waals surface area contributed by atoms with E-state index in [2.05, 4.69) is 65.0 Å². The smallest absolute Gasteiger partial charge is 0.131 e. The normalized spacial score (nSPS) is 10.9. The highest BCUT2D eigenvalue weighted by Crippen LogP contribution is 2.19. The second-order valence-electron chi connectivity index (χ2n) is 4.32. The molecule has 3 nitrogen and oxygen atoms in total. The van der Waals surface area contributed by atoms with Crippen molar-refractivity contribution in [1.82, 2.24) is 10.3 Å². The Morgan fingerprint density at radius 2 is 2.19 bits per heavy atom. The quantitative estimate of drug-likeness (QED) is 0.901. The highest BCUT2D eigenvalue weighted by Gasteiger charge is 2.06. The Bertz CT molecular complexity index is 339. The van der Waals surface area contributed by atoms with E-state index in [1.54, 1.807) is 0 Å². The van der Waals surface area contributed by atoms with Gasteiger partial charge in [-0.25, -0.2) is 4.98 Å². The van der Waals surface area contributed by atoms with Crippen LogP contribution in [-0.4, -0.2) is 31.2 Å². The molecule has 0 aliphatic carbocycles. The summed E-state index contributed by atoms with van der Waals surface area (Å²) in [5.41, 5.74) is 1.20. The number of halogens is 1. The van der Waals surface area contributed by atoms with E-state index in [9.17, 15) is 0 Å². The van der Waals surface area contributed by atoms with Gasteiger partial charge in [-0.3, -0.25) is 0 Å². The predicted octanol–water partition coefficient (Wildman–Crippen LogP) is 2.59. The second kappa shape index (κ2) is 6.21. The van der Waals surface area contributed by atoms with Crippen LogP contribution in [0.15, 0.2) is 16.7 Å². The first kappa shape index (κ1) is 13.5. The minimum atomic E-state index is 0.535. The molecule has 0 saturated heterocycles. The molecule has 1 rings (SSSR count). The van der Waals surface area contributed by atoms with Crippen LogP contribution in [0.2, 0.25) is 0 Å². The first-order valence-electron chi connectivity index (χ1n) is 5.57. The Morgan fingerprint density at radius 3 is 2.75 bits per heavy atom. The maximum absolute atomic E-state index is 4.43. The average Bonchev–Trinajstić information content (AvgIpc) is 2.16. The van der Waals surface area contributed by atoms with Gasteiger partial charge in [0.05, 0.1) is 0 Å². The van der Waals surface area contributed by atoms with Gasteiger partial charge in [0.25, 0.3) is 0 Å². The highest BCUT2D eigenvalue weighted by atomic mass is 79.9. The molecule has 0 saturated carbocycles. The zero-order valence-electron chi connectivity index (χ0n) is 10.4. The van der Waals surface area contributed by atoms with Gasteiger partial charge in [-0.05, 0) is 34.5 Å². The number of pyridine rings is 1. The van der Waals surface area contributed by atoms with Gasteiger partial charge in [-0.15, -0.1) is 0 Å². The third kappa shape index (κ3) is 4.10. The van der Waals surface area contributed by atoms with Crippen molar-refractivity contribution < 1.29 is 0 Å². The van der Waals surface area contributed by atoms with Crippen LogP contribution in [0.25, 0.3) is 0 Å². The Morgan fingerprint density at radius 1 is 1.50 bits per heavy atom. The summed E-state index contributed by atoms with van der Waals surface area (Å²) >= 11 is 3.42. The fourth-order valence-corrected chi connectivity index (χ4v) is 2.01. The van der Waals surface area contributed by atoms with Gasteiger partial charge in [0.2, 0.25) is 0 Å². The van der Waals surface area contributed by atoms with Crippen LogP contribution in [0.1, 0.15) is 19.4 Å². The molecule has 0 radical (unpaired) electrons. The van der Waals surface area contributed by atoms with Crippen molar-refractivity contribution >= 4 is 21.7 Å². The Balaban J connectivity index is 2.55. The van der Waals surface area contributed by atoms with Crippen molar-refractivity contribution in [1.29, 1.82) is 0 Å². The standard InChI is InChI=1S/C12H20BrN3/c1-9(2)14-5-6-16(4)12-10(3)7-11(13)8-15-12/h7-9,14H,5-6H2,1-4H3. The van der Waals surface area contributed by atoms with Gasteiger partial charge in [-0.2, -0.15) is 0 Å². The minimum absolute atomic E-state index is 0.535. The number of hydrogen-bond donors (Lipinski definition) is 1. The van der Waals surface area contributed by atoms with Crippen molar-refractivity contribution in [3.05, 3.63) is 22.3 Å². The molecule has 0 aromatic carbocycles. The molecule has 90 valence electrons. The number of aromatic nitrogens is 1. The summed E-state index contributed by atoms with van der Waals surface area (Å²) in [7, 11) is 2.07. The maximum Gasteiger partial charge on any atom is 0.131 e. The van der Waals surface area contributed by atoms with Crippen LogP contribution in [-0.2, 0) is 0 Å². The molecule has 0 fully saturated rings. The molecule has 0 aliphatic heterocycles. The van der Waals surface area contributed by atoms with Crippen molar-refractivity contribution in [3.8, 4) is 0 Å². The number of rotatable bonds is 5. The lowest BCUT2D eigenvalue weighted by molar-refractivity contribution is 0.588. The van der Waals surface area contributed by atoms with Crippen LogP contribution in [0.4, 0.5) is 5.82 Å². The average molecular weight is 286 g/mol. The van der Waals surface area contributed by atoms with Crippen molar-refractivity contribution in [2.24, 2.45) is 0 Å². The van der Waals surface area contributed by atoms with Crippen LogP contribution in [0, 0.1) is 6.92 Å². The SMILES string of the molecule is Cc1cc(Br)cnc1N(C)CCNC(C)C. The van der Waals surface area contributed by atoms with Gasteiger partial charge in [0.1, 0.15) is 5.82 Å². The van der Waals surface area contributed by atoms with Crippen molar-refractivity contribution in [2.75, 3.05) is 25.0 Å². The molecule has 0 spiro atoms. The maximum atomic E-state index is 4.43. The zero-order chi connectivity index (χ0) is 12.1. The lowest BCUT2D eigenvalue weighted by Gasteiger charge is -2.21. The van der Waals surface area contributed by atoms with Crippen LogP contribution < -0.4 is 10.2 Å². The number of nitrogens with zero attached hydrogens (tertiary/aromatic N) is 2. The first-order chi connectivity index (χ1) is 7.50. The molecular weight excluding hydrogens is 266 g/mol. The van der Waals surface area contributed by atoms with Gasteiger partial charge >= 0.3 is 0 Å². The van der Waals surface area contributed by atoms with Gasteiger partial charge in [-0.1, -0.05) is 13.8 Å². The summed E-state index contributed by atoms with van der Waals surface area (Å²) in [6.45, 7) is 8.34. The first-order valence-corrected chi connectivity index (χ1v) is 6.36. The second-order valence-corrected chi connectivity index (χ2v) is 5.24. The topological polar surface area (TPSA) is 28.2 Å². The van der Waals surface area contributed by atoms with E-state index in [4.69, 9.17) is 0 Å². The lowest BCUT2D eigenvalue weighted by Crippen LogP contribution is -2.33. The molecule has 1 N–H and O–H groups in total. The Labute approximate surface area is 106 Å². The Kier molecular flexibility index (Phi) is 5.22. The molecule has 0 bridgehead atoms. The molecule has 1 heterocycles. The fraction of sp³-hybridized carbons (Fsp3) is 0.583. The van der Waals surface area contributed by atoms with Gasteiger partial charge in [0.15, 0.2) is 0 Å². The molecule has 0 atom stereocenters. The molecule has 0 amide bonds. The summed E-state index contributed by atoms with van der Waals surface area (Å²) in [6.07, 6.45) is 1.84. The fourth-order valence-electron chi connectivity index (χ4n) is 1.56. The van der Waals surface area contributed by atoms with Gasteiger partial charge in [0, 0.05) is 36.8 Å². The minimum Gasteiger partial charge on any atom is -0.358 e. The van der Waals surface area contributed by atoms with E-state index in [1.807, 2.05) is 6.20 Å². The van der Waals surface area contributed by atoms with E-state index in [1.165, 1.54) is 5.56 Å². The molecule has 16 heavy (non-hydrogen) atoms. The number of anilines is 1. The molecule has 1 aromatic heterocycles. The molecular formula is C12H20BrN3. The van der Waals surface area contributed by atoms with Crippen molar-refractivity contribution in [3.63, 3.8) is 0 Å². The van der Waals surface area contributed by atoms with Crippen LogP contribution in [0.3, 0.4) is 0 Å². The predicted molar refractivity (Wildman–Crippen MR) is 73.1 cm³/mol. The Hall–Kier alpha value is -0.610. The number of likely N-dealkylation sites (N-methyl/N-ethyl adjacent to an activating group) is 1. The van der Waals surface area contributed by atoms with Gasteiger partial charge < -0.3 is 10.2 Å². The summed E-state index contributed by atoms with van der Waals surface area (Å²) in [6, 6.07) is 2.63. The van der Waals surface area contributed by atoms with E-state index in [-0.39, 0.29) is 0 Å².